The van der Waals surface area contributed by atoms with Crippen molar-refractivity contribution in [3.63, 3.8) is 0 Å². The maximum atomic E-state index is 12.7. The Labute approximate surface area is 141 Å². The summed E-state index contributed by atoms with van der Waals surface area (Å²) in [6, 6.07) is -0.0621. The van der Waals surface area contributed by atoms with Crippen molar-refractivity contribution in [3.05, 3.63) is 18.2 Å². The quantitative estimate of drug-likeness (QED) is 0.862. The highest BCUT2D eigenvalue weighted by molar-refractivity contribution is 5.77. The number of carbonyl (C=O) groups excluding carboxylic acids is 1. The molecule has 2 aromatic rings. The van der Waals surface area contributed by atoms with Crippen LogP contribution in [0.5, 0.6) is 0 Å². The molecule has 1 aliphatic heterocycles. The third-order valence-electron chi connectivity index (χ3n) is 4.92. The molecule has 1 saturated heterocycles. The summed E-state index contributed by atoms with van der Waals surface area (Å²) in [5.41, 5.74) is 0.806. The third kappa shape index (κ3) is 3.20. The van der Waals surface area contributed by atoms with Crippen LogP contribution in [0.2, 0.25) is 0 Å². The summed E-state index contributed by atoms with van der Waals surface area (Å²) in [7, 11) is 1.85. The van der Waals surface area contributed by atoms with E-state index >= 15 is 0 Å². The fourth-order valence-corrected chi connectivity index (χ4v) is 3.38. The molecular formula is C17H23N5O2. The lowest BCUT2D eigenvalue weighted by molar-refractivity contribution is -0.134. The van der Waals surface area contributed by atoms with E-state index in [4.69, 9.17) is 4.52 Å². The maximum Gasteiger partial charge on any atom is 0.261 e. The van der Waals surface area contributed by atoms with E-state index in [9.17, 15) is 4.79 Å². The fraction of sp³-hybridized carbons (Fsp3) is 0.647. The zero-order valence-corrected chi connectivity index (χ0v) is 14.0. The van der Waals surface area contributed by atoms with Crippen molar-refractivity contribution in [1.82, 2.24) is 24.8 Å². The van der Waals surface area contributed by atoms with E-state index < -0.39 is 0 Å². The van der Waals surface area contributed by atoms with Gasteiger partial charge in [0, 0.05) is 26.2 Å². The van der Waals surface area contributed by atoms with Gasteiger partial charge >= 0.3 is 0 Å². The number of aryl methyl sites for hydroxylation is 1. The van der Waals surface area contributed by atoms with E-state index in [1.165, 1.54) is 12.8 Å². The van der Waals surface area contributed by atoms with Gasteiger partial charge in [-0.2, -0.15) is 10.1 Å². The summed E-state index contributed by atoms with van der Waals surface area (Å²) in [4.78, 5) is 19.2. The number of hydrogen-bond acceptors (Lipinski definition) is 5. The van der Waals surface area contributed by atoms with E-state index in [0.29, 0.717) is 24.1 Å². The summed E-state index contributed by atoms with van der Waals surface area (Å²) in [5, 5.41) is 8.31. The van der Waals surface area contributed by atoms with Crippen LogP contribution >= 0.6 is 0 Å². The molecule has 1 amide bonds. The summed E-state index contributed by atoms with van der Waals surface area (Å²) in [6.45, 7) is 0.799. The van der Waals surface area contributed by atoms with E-state index in [-0.39, 0.29) is 11.9 Å². The first-order valence-corrected chi connectivity index (χ1v) is 8.83. The van der Waals surface area contributed by atoms with E-state index in [2.05, 4.69) is 15.2 Å². The Kier molecular flexibility index (Phi) is 4.08. The molecule has 7 nitrogen and oxygen atoms in total. The molecule has 2 aliphatic rings. The molecule has 1 saturated carbocycles. The van der Waals surface area contributed by atoms with Gasteiger partial charge in [-0.05, 0) is 31.6 Å². The van der Waals surface area contributed by atoms with Gasteiger partial charge < -0.3 is 9.42 Å². The second-order valence-electron chi connectivity index (χ2n) is 6.96. The van der Waals surface area contributed by atoms with Crippen molar-refractivity contribution in [2.24, 2.45) is 13.0 Å². The van der Waals surface area contributed by atoms with Gasteiger partial charge in [0.05, 0.1) is 17.8 Å². The van der Waals surface area contributed by atoms with Gasteiger partial charge in [-0.15, -0.1) is 0 Å². The Bertz CT molecular complexity index is 718. The minimum absolute atomic E-state index is 0.0621. The van der Waals surface area contributed by atoms with E-state index in [1.54, 1.807) is 10.9 Å². The Morgan fingerprint density at radius 3 is 2.92 bits per heavy atom. The molecule has 1 unspecified atom stereocenters. The predicted octanol–water partition coefficient (Wildman–Crippen LogP) is 2.71. The number of nitrogens with zero attached hydrogens (tertiary/aromatic N) is 5. The predicted molar refractivity (Wildman–Crippen MR) is 86.8 cm³/mol. The Hall–Kier alpha value is -2.18. The Morgan fingerprint density at radius 1 is 1.29 bits per heavy atom. The van der Waals surface area contributed by atoms with Crippen LogP contribution in [0.4, 0.5) is 0 Å². The van der Waals surface area contributed by atoms with Crippen LogP contribution in [0.15, 0.2) is 16.9 Å². The molecule has 128 valence electrons. The van der Waals surface area contributed by atoms with Crippen molar-refractivity contribution in [2.75, 3.05) is 6.54 Å². The summed E-state index contributed by atoms with van der Waals surface area (Å²) in [6.07, 6.45) is 10.8. The average Bonchev–Trinajstić information content (AvgIpc) is 3.16. The highest BCUT2D eigenvalue weighted by atomic mass is 16.5. The number of aromatic nitrogens is 4. The standard InChI is InChI=1S/C17H23N5O2/c1-21-11-13(10-18-21)17-19-16(20-24-17)14-5-3-2-4-8-22(14)15(23)9-12-6-7-12/h10-12,14H,2-9H2,1H3. The van der Waals surface area contributed by atoms with Gasteiger partial charge in [0.25, 0.3) is 5.89 Å². The summed E-state index contributed by atoms with van der Waals surface area (Å²) < 4.78 is 7.13. The van der Waals surface area contributed by atoms with Crippen molar-refractivity contribution in [3.8, 4) is 11.5 Å². The van der Waals surface area contributed by atoms with Crippen molar-refractivity contribution in [2.45, 2.75) is 51.0 Å². The Balaban J connectivity index is 1.56. The van der Waals surface area contributed by atoms with Gasteiger partial charge in [0.15, 0.2) is 5.82 Å². The van der Waals surface area contributed by atoms with Crippen molar-refractivity contribution in [1.29, 1.82) is 0 Å². The molecule has 3 heterocycles. The zero-order valence-electron chi connectivity index (χ0n) is 14.0. The lowest BCUT2D eigenvalue weighted by Gasteiger charge is -2.27. The van der Waals surface area contributed by atoms with Crippen LogP contribution in [0, 0.1) is 5.92 Å². The summed E-state index contributed by atoms with van der Waals surface area (Å²) >= 11 is 0. The maximum absolute atomic E-state index is 12.7. The van der Waals surface area contributed by atoms with E-state index in [0.717, 1.165) is 37.8 Å². The average molecular weight is 329 g/mol. The van der Waals surface area contributed by atoms with Crippen molar-refractivity contribution < 1.29 is 9.32 Å². The van der Waals surface area contributed by atoms with Crippen LogP contribution in [-0.2, 0) is 11.8 Å². The monoisotopic (exact) mass is 329 g/mol. The zero-order chi connectivity index (χ0) is 16.5. The minimum Gasteiger partial charge on any atom is -0.334 e. The largest absolute Gasteiger partial charge is 0.334 e. The number of rotatable bonds is 4. The molecule has 4 rings (SSSR count). The van der Waals surface area contributed by atoms with Gasteiger partial charge in [-0.25, -0.2) is 0 Å². The van der Waals surface area contributed by atoms with Gasteiger partial charge in [0.1, 0.15) is 0 Å². The molecule has 7 heteroatoms. The molecule has 0 aromatic carbocycles. The topological polar surface area (TPSA) is 77.0 Å². The number of carbonyl (C=O) groups is 1. The lowest BCUT2D eigenvalue weighted by atomic mass is 10.1. The van der Waals surface area contributed by atoms with E-state index in [1.807, 2.05) is 18.1 Å². The highest BCUT2D eigenvalue weighted by Gasteiger charge is 2.33. The second kappa shape index (κ2) is 6.37. The highest BCUT2D eigenvalue weighted by Crippen LogP contribution is 2.36. The molecule has 0 N–H and O–H groups in total. The molecule has 0 bridgehead atoms. The van der Waals surface area contributed by atoms with Gasteiger partial charge in [-0.3, -0.25) is 9.48 Å². The molecule has 2 aromatic heterocycles. The molecule has 2 fully saturated rings. The lowest BCUT2D eigenvalue weighted by Crippen LogP contribution is -2.35. The van der Waals surface area contributed by atoms with Gasteiger partial charge in [0.2, 0.25) is 5.91 Å². The minimum atomic E-state index is -0.0621. The van der Waals surface area contributed by atoms with Crippen LogP contribution in [0.25, 0.3) is 11.5 Å². The van der Waals surface area contributed by atoms with Crippen LogP contribution in [0.1, 0.15) is 56.8 Å². The SMILES string of the molecule is Cn1cc(-c2nc(C3CCCCCN3C(=O)CC3CC3)no2)cn1. The van der Waals surface area contributed by atoms with Crippen LogP contribution < -0.4 is 0 Å². The normalized spacial score (nSPS) is 21.7. The smallest absolute Gasteiger partial charge is 0.261 e. The second-order valence-corrected chi connectivity index (χ2v) is 6.96. The number of hydrogen-bond donors (Lipinski definition) is 0. The Morgan fingerprint density at radius 2 is 2.17 bits per heavy atom. The fourth-order valence-electron chi connectivity index (χ4n) is 3.38. The van der Waals surface area contributed by atoms with Crippen LogP contribution in [0.3, 0.4) is 0 Å². The molecule has 0 spiro atoms. The van der Waals surface area contributed by atoms with Crippen LogP contribution in [-0.4, -0.2) is 37.3 Å². The molecular weight excluding hydrogens is 306 g/mol. The third-order valence-corrected chi connectivity index (χ3v) is 4.92. The first kappa shape index (κ1) is 15.4. The molecule has 24 heavy (non-hydrogen) atoms. The first-order chi connectivity index (χ1) is 11.7. The molecule has 1 atom stereocenters. The molecule has 1 aliphatic carbocycles. The van der Waals surface area contributed by atoms with Gasteiger partial charge in [-0.1, -0.05) is 18.0 Å². The number of likely N-dealkylation sites (tertiary alicyclic amines) is 1. The number of amides is 1. The summed E-state index contributed by atoms with van der Waals surface area (Å²) in [5.74, 6) is 1.94. The van der Waals surface area contributed by atoms with Crippen molar-refractivity contribution >= 4 is 5.91 Å². The molecule has 0 radical (unpaired) electrons. The first-order valence-electron chi connectivity index (χ1n) is 8.83.